The molecule has 0 aliphatic rings. The van der Waals surface area contributed by atoms with E-state index in [-0.39, 0.29) is 17.0 Å². The molecule has 2 nitrogen and oxygen atoms in total. The molecule has 1 atom stereocenters. The highest BCUT2D eigenvalue weighted by atomic mass is 35.5. The lowest BCUT2D eigenvalue weighted by molar-refractivity contribution is 0.0925. The molecule has 0 heterocycles. The fourth-order valence-electron chi connectivity index (χ4n) is 1.62. The van der Waals surface area contributed by atoms with Gasteiger partial charge in [0, 0.05) is 11.9 Å². The van der Waals surface area contributed by atoms with Gasteiger partial charge in [0.25, 0.3) is 5.91 Å². The number of hydrogen-bond donors (Lipinski definition) is 1. The van der Waals surface area contributed by atoms with Crippen molar-refractivity contribution in [1.29, 1.82) is 0 Å². The molecule has 1 amide bonds. The summed E-state index contributed by atoms with van der Waals surface area (Å²) < 4.78 is 0. The molecule has 0 aliphatic heterocycles. The van der Waals surface area contributed by atoms with Crippen LogP contribution in [0.25, 0.3) is 0 Å². The Morgan fingerprint density at radius 1 is 1.33 bits per heavy atom. The summed E-state index contributed by atoms with van der Waals surface area (Å²) in [5.74, 6) is 0.601. The third-order valence-corrected chi connectivity index (χ3v) is 3.77. The van der Waals surface area contributed by atoms with Gasteiger partial charge in [0.15, 0.2) is 0 Å². The third kappa shape index (κ3) is 4.04. The van der Waals surface area contributed by atoms with Crippen LogP contribution in [0.4, 0.5) is 0 Å². The zero-order chi connectivity index (χ0) is 13.7. The van der Waals surface area contributed by atoms with Crippen LogP contribution in [0.5, 0.6) is 0 Å². The molecule has 0 radical (unpaired) electrons. The van der Waals surface area contributed by atoms with Gasteiger partial charge in [-0.3, -0.25) is 4.79 Å². The standard InChI is InChI=1S/C13H16Cl3NO/c1-8(2)11(6-7-14)17-13(18)9-4-3-5-10(15)12(9)16/h3-5,8,11H,6-7H2,1-2H3,(H,17,18). The Balaban J connectivity index is 2.84. The normalized spacial score (nSPS) is 12.6. The van der Waals surface area contributed by atoms with Crippen molar-refractivity contribution in [2.75, 3.05) is 5.88 Å². The molecule has 1 N–H and O–H groups in total. The largest absolute Gasteiger partial charge is 0.349 e. The Labute approximate surface area is 123 Å². The summed E-state index contributed by atoms with van der Waals surface area (Å²) in [5.41, 5.74) is 0.393. The van der Waals surface area contributed by atoms with E-state index in [1.165, 1.54) is 0 Å². The molecule has 1 aromatic carbocycles. The van der Waals surface area contributed by atoms with E-state index in [4.69, 9.17) is 34.8 Å². The second kappa shape index (κ2) is 7.22. The molecule has 1 rings (SSSR count). The van der Waals surface area contributed by atoms with Gasteiger partial charge >= 0.3 is 0 Å². The lowest BCUT2D eigenvalue weighted by atomic mass is 10.0. The van der Waals surface area contributed by atoms with Crippen LogP contribution in [-0.4, -0.2) is 17.8 Å². The molecular formula is C13H16Cl3NO. The van der Waals surface area contributed by atoms with Crippen molar-refractivity contribution in [3.63, 3.8) is 0 Å². The number of amides is 1. The van der Waals surface area contributed by atoms with Crippen molar-refractivity contribution in [3.05, 3.63) is 33.8 Å². The molecule has 0 aliphatic carbocycles. The van der Waals surface area contributed by atoms with Crippen molar-refractivity contribution in [2.45, 2.75) is 26.3 Å². The highest BCUT2D eigenvalue weighted by Crippen LogP contribution is 2.25. The van der Waals surface area contributed by atoms with E-state index in [0.717, 1.165) is 6.42 Å². The molecule has 0 bridgehead atoms. The predicted octanol–water partition coefficient (Wildman–Crippen LogP) is 4.38. The second-order valence-corrected chi connectivity index (χ2v) is 5.57. The smallest absolute Gasteiger partial charge is 0.253 e. The molecule has 18 heavy (non-hydrogen) atoms. The topological polar surface area (TPSA) is 29.1 Å². The summed E-state index contributed by atoms with van der Waals surface area (Å²) >= 11 is 17.6. The van der Waals surface area contributed by atoms with Crippen LogP contribution in [0.3, 0.4) is 0 Å². The molecule has 1 unspecified atom stereocenters. The molecular weight excluding hydrogens is 293 g/mol. The SMILES string of the molecule is CC(C)C(CCCl)NC(=O)c1cccc(Cl)c1Cl. The molecule has 1 aromatic rings. The number of carbonyl (C=O) groups is 1. The summed E-state index contributed by atoms with van der Waals surface area (Å²) in [5, 5.41) is 3.60. The number of nitrogens with one attached hydrogen (secondary N) is 1. The lowest BCUT2D eigenvalue weighted by Crippen LogP contribution is -2.39. The molecule has 0 fully saturated rings. The van der Waals surface area contributed by atoms with E-state index in [1.54, 1.807) is 18.2 Å². The van der Waals surface area contributed by atoms with E-state index >= 15 is 0 Å². The second-order valence-electron chi connectivity index (χ2n) is 4.40. The van der Waals surface area contributed by atoms with Gasteiger partial charge < -0.3 is 5.32 Å². The number of rotatable bonds is 5. The molecule has 0 aromatic heterocycles. The van der Waals surface area contributed by atoms with Gasteiger partial charge in [-0.25, -0.2) is 0 Å². The molecule has 5 heteroatoms. The monoisotopic (exact) mass is 307 g/mol. The maximum Gasteiger partial charge on any atom is 0.253 e. The van der Waals surface area contributed by atoms with E-state index in [2.05, 4.69) is 5.32 Å². The third-order valence-electron chi connectivity index (χ3n) is 2.74. The molecule has 100 valence electrons. The average molecular weight is 309 g/mol. The van der Waals surface area contributed by atoms with Crippen LogP contribution in [0.1, 0.15) is 30.6 Å². The first kappa shape index (κ1) is 15.6. The van der Waals surface area contributed by atoms with Crippen LogP contribution >= 0.6 is 34.8 Å². The zero-order valence-corrected chi connectivity index (χ0v) is 12.6. The highest BCUT2D eigenvalue weighted by Gasteiger charge is 2.19. The first-order chi connectivity index (χ1) is 8.47. The minimum Gasteiger partial charge on any atom is -0.349 e. The van der Waals surface area contributed by atoms with Gasteiger partial charge in [0.2, 0.25) is 0 Å². The van der Waals surface area contributed by atoms with Crippen molar-refractivity contribution in [2.24, 2.45) is 5.92 Å². The van der Waals surface area contributed by atoms with Crippen molar-refractivity contribution >= 4 is 40.7 Å². The van der Waals surface area contributed by atoms with Gasteiger partial charge in [-0.05, 0) is 24.5 Å². The predicted molar refractivity (Wildman–Crippen MR) is 77.9 cm³/mol. The van der Waals surface area contributed by atoms with E-state index in [1.807, 2.05) is 13.8 Å². The Morgan fingerprint density at radius 3 is 2.56 bits per heavy atom. The fourth-order valence-corrected chi connectivity index (χ4v) is 2.24. The van der Waals surface area contributed by atoms with Crippen LogP contribution < -0.4 is 5.32 Å². The average Bonchev–Trinajstić information content (AvgIpc) is 2.31. The summed E-state index contributed by atoms with van der Waals surface area (Å²) in [7, 11) is 0. The fraction of sp³-hybridized carbons (Fsp3) is 0.462. The maximum absolute atomic E-state index is 12.1. The van der Waals surface area contributed by atoms with E-state index in [0.29, 0.717) is 22.4 Å². The summed E-state index contributed by atoms with van der Waals surface area (Å²) in [4.78, 5) is 12.1. The number of benzene rings is 1. The van der Waals surface area contributed by atoms with Crippen LogP contribution in [0, 0.1) is 5.92 Å². The quantitative estimate of drug-likeness (QED) is 0.804. The number of halogens is 3. The van der Waals surface area contributed by atoms with Gasteiger partial charge in [-0.2, -0.15) is 0 Å². The van der Waals surface area contributed by atoms with Gasteiger partial charge in [-0.1, -0.05) is 43.1 Å². The number of carbonyl (C=O) groups excluding carboxylic acids is 1. The van der Waals surface area contributed by atoms with E-state index < -0.39 is 0 Å². The van der Waals surface area contributed by atoms with Crippen LogP contribution in [0.2, 0.25) is 10.0 Å². The first-order valence-electron chi connectivity index (χ1n) is 5.78. The molecule has 0 saturated carbocycles. The lowest BCUT2D eigenvalue weighted by Gasteiger charge is -2.21. The van der Waals surface area contributed by atoms with Crippen molar-refractivity contribution in [3.8, 4) is 0 Å². The van der Waals surface area contributed by atoms with Crippen molar-refractivity contribution < 1.29 is 4.79 Å². The molecule has 0 saturated heterocycles. The Bertz CT molecular complexity index is 421. The Hall–Kier alpha value is -0.440. The maximum atomic E-state index is 12.1. The molecule has 0 spiro atoms. The van der Waals surface area contributed by atoms with Gasteiger partial charge in [0.05, 0.1) is 15.6 Å². The van der Waals surface area contributed by atoms with Crippen LogP contribution in [0.15, 0.2) is 18.2 Å². The van der Waals surface area contributed by atoms with Gasteiger partial charge in [0.1, 0.15) is 0 Å². The Morgan fingerprint density at radius 2 is 2.00 bits per heavy atom. The highest BCUT2D eigenvalue weighted by molar-refractivity contribution is 6.43. The number of hydrogen-bond acceptors (Lipinski definition) is 1. The first-order valence-corrected chi connectivity index (χ1v) is 7.07. The van der Waals surface area contributed by atoms with E-state index in [9.17, 15) is 4.79 Å². The van der Waals surface area contributed by atoms with Gasteiger partial charge in [-0.15, -0.1) is 11.6 Å². The summed E-state index contributed by atoms with van der Waals surface area (Å²) in [6, 6.07) is 5.04. The number of alkyl halides is 1. The summed E-state index contributed by atoms with van der Waals surface area (Å²) in [6.07, 6.45) is 0.725. The Kier molecular flexibility index (Phi) is 6.27. The van der Waals surface area contributed by atoms with Crippen molar-refractivity contribution in [1.82, 2.24) is 5.32 Å². The minimum absolute atomic E-state index is 0.0325. The zero-order valence-electron chi connectivity index (χ0n) is 10.3. The minimum atomic E-state index is -0.216. The van der Waals surface area contributed by atoms with Crippen LogP contribution in [-0.2, 0) is 0 Å². The summed E-state index contributed by atoms with van der Waals surface area (Å²) in [6.45, 7) is 4.08.